The zero-order valence-corrected chi connectivity index (χ0v) is 19.3. The van der Waals surface area contributed by atoms with Crippen LogP contribution in [-0.4, -0.2) is 58.7 Å². The van der Waals surface area contributed by atoms with E-state index in [-0.39, 0.29) is 0 Å². The van der Waals surface area contributed by atoms with Gasteiger partial charge in [-0.05, 0) is 31.9 Å². The van der Waals surface area contributed by atoms with Gasteiger partial charge in [0.1, 0.15) is 0 Å². The van der Waals surface area contributed by atoms with Crippen molar-refractivity contribution in [2.24, 2.45) is 17.4 Å². The SMILES string of the molecule is C=NS/C(=C\CC1CCCN(S(C)=O)C1)Nc1nccn2c(-c3cnn(C)c3)cnc12. The fourth-order valence-corrected chi connectivity index (χ4v) is 5.06. The Labute approximate surface area is 188 Å². The minimum absolute atomic E-state index is 0.465. The molecule has 3 aromatic heterocycles. The van der Waals surface area contributed by atoms with Crippen molar-refractivity contribution in [1.29, 1.82) is 0 Å². The third kappa shape index (κ3) is 5.05. The predicted molar refractivity (Wildman–Crippen MR) is 127 cm³/mol. The Bertz CT molecular complexity index is 1120. The second-order valence-electron chi connectivity index (χ2n) is 7.49. The van der Waals surface area contributed by atoms with Crippen molar-refractivity contribution in [3.63, 3.8) is 0 Å². The normalized spacial score (nSPS) is 18.9. The molecular weight excluding hydrogens is 432 g/mol. The molecule has 0 bridgehead atoms. The van der Waals surface area contributed by atoms with Crippen molar-refractivity contribution in [1.82, 2.24) is 28.5 Å². The molecule has 3 aromatic rings. The summed E-state index contributed by atoms with van der Waals surface area (Å²) in [7, 11) is 0.977. The molecule has 0 spiro atoms. The molecule has 1 aliphatic rings. The lowest BCUT2D eigenvalue weighted by Crippen LogP contribution is -2.36. The molecule has 0 aromatic carbocycles. The first-order chi connectivity index (χ1) is 15.0. The Hall–Kier alpha value is -2.50. The number of fused-ring (bicyclic) bond motifs is 1. The van der Waals surface area contributed by atoms with Gasteiger partial charge in [0.25, 0.3) is 0 Å². The molecule has 1 N–H and O–H groups in total. The van der Waals surface area contributed by atoms with Gasteiger partial charge in [0.2, 0.25) is 0 Å². The van der Waals surface area contributed by atoms with Crippen LogP contribution in [0.25, 0.3) is 16.9 Å². The fraction of sp³-hybridized carbons (Fsp3) is 0.400. The van der Waals surface area contributed by atoms with Crippen molar-refractivity contribution >= 4 is 41.1 Å². The van der Waals surface area contributed by atoms with E-state index < -0.39 is 11.0 Å². The van der Waals surface area contributed by atoms with Crippen LogP contribution in [0.1, 0.15) is 19.3 Å². The van der Waals surface area contributed by atoms with Crippen LogP contribution in [0.5, 0.6) is 0 Å². The molecule has 0 saturated carbocycles. The van der Waals surface area contributed by atoms with E-state index in [0.29, 0.717) is 11.7 Å². The predicted octanol–water partition coefficient (Wildman–Crippen LogP) is 3.13. The molecule has 4 heterocycles. The van der Waals surface area contributed by atoms with E-state index in [0.717, 1.165) is 54.3 Å². The van der Waals surface area contributed by atoms with Crippen LogP contribution in [0, 0.1) is 5.92 Å². The van der Waals surface area contributed by atoms with Gasteiger partial charge in [-0.3, -0.25) is 9.08 Å². The number of hydrogen-bond acceptors (Lipinski definition) is 7. The second kappa shape index (κ2) is 9.75. The average molecular weight is 459 g/mol. The molecule has 0 amide bonds. The smallest absolute Gasteiger partial charge is 0.180 e. The van der Waals surface area contributed by atoms with E-state index in [1.165, 1.54) is 11.9 Å². The van der Waals surface area contributed by atoms with Crippen LogP contribution in [0.15, 0.2) is 46.5 Å². The van der Waals surface area contributed by atoms with Crippen LogP contribution >= 0.6 is 11.9 Å². The van der Waals surface area contributed by atoms with Gasteiger partial charge in [0.15, 0.2) is 11.5 Å². The molecule has 164 valence electrons. The number of aryl methyl sites for hydroxylation is 1. The number of rotatable bonds is 8. The number of nitrogens with zero attached hydrogens (tertiary/aromatic N) is 7. The number of aromatic nitrogens is 5. The second-order valence-corrected chi connectivity index (χ2v) is 9.73. The lowest BCUT2D eigenvalue weighted by molar-refractivity contribution is 0.279. The van der Waals surface area contributed by atoms with E-state index in [9.17, 15) is 4.21 Å². The summed E-state index contributed by atoms with van der Waals surface area (Å²) < 4.78 is 21.6. The lowest BCUT2D eigenvalue weighted by atomic mass is 9.96. The van der Waals surface area contributed by atoms with E-state index in [1.807, 2.05) is 40.5 Å². The third-order valence-corrected chi connectivity index (χ3v) is 6.97. The highest BCUT2D eigenvalue weighted by Gasteiger charge is 2.21. The summed E-state index contributed by atoms with van der Waals surface area (Å²) in [6.45, 7) is 5.37. The third-order valence-electron chi connectivity index (χ3n) is 5.32. The van der Waals surface area contributed by atoms with Crippen LogP contribution in [0.2, 0.25) is 0 Å². The summed E-state index contributed by atoms with van der Waals surface area (Å²) in [5, 5.41) is 8.48. The summed E-state index contributed by atoms with van der Waals surface area (Å²) in [6, 6.07) is 0. The number of allylic oxidation sites excluding steroid dienone is 1. The fourth-order valence-electron chi connectivity index (χ4n) is 3.80. The summed E-state index contributed by atoms with van der Waals surface area (Å²) in [4.78, 5) is 9.07. The van der Waals surface area contributed by atoms with Crippen molar-refractivity contribution in [2.75, 3.05) is 24.7 Å². The first-order valence-corrected chi connectivity index (χ1v) is 12.3. The van der Waals surface area contributed by atoms with Crippen LogP contribution < -0.4 is 5.32 Å². The van der Waals surface area contributed by atoms with Crippen LogP contribution in [-0.2, 0) is 18.0 Å². The highest BCUT2D eigenvalue weighted by atomic mass is 32.2. The van der Waals surface area contributed by atoms with Crippen molar-refractivity contribution in [2.45, 2.75) is 19.3 Å². The standard InChI is InChI=1S/C20H26N8OS2/c1-21-30-18(7-6-15-5-4-9-27(13-15)31(3)29)25-19-20-23-12-17(28(20)10-8-22-19)16-11-24-26(2)14-16/h7-8,10-12,14-15H,1,4-6,9,13H2,2-3H3,(H,22,25)/b18-7-. The monoisotopic (exact) mass is 458 g/mol. The van der Waals surface area contributed by atoms with E-state index in [1.54, 1.807) is 17.1 Å². The first kappa shape index (κ1) is 21.7. The molecule has 0 radical (unpaired) electrons. The van der Waals surface area contributed by atoms with E-state index >= 15 is 0 Å². The Morgan fingerprint density at radius 2 is 2.32 bits per heavy atom. The summed E-state index contributed by atoms with van der Waals surface area (Å²) >= 11 is 1.28. The molecule has 9 nitrogen and oxygen atoms in total. The maximum absolute atomic E-state index is 11.8. The zero-order valence-electron chi connectivity index (χ0n) is 17.6. The van der Waals surface area contributed by atoms with Crippen molar-refractivity contribution in [3.05, 3.63) is 42.1 Å². The minimum Gasteiger partial charge on any atom is -0.331 e. The number of anilines is 1. The molecule has 1 fully saturated rings. The van der Waals surface area contributed by atoms with Gasteiger partial charge in [-0.1, -0.05) is 6.08 Å². The largest absolute Gasteiger partial charge is 0.331 e. The number of imidazole rings is 1. The number of nitrogens with one attached hydrogen (secondary N) is 1. The molecule has 2 atom stereocenters. The van der Waals surface area contributed by atoms with E-state index in [2.05, 4.69) is 37.6 Å². The topological polar surface area (TPSA) is 92.7 Å². The Morgan fingerprint density at radius 3 is 3.06 bits per heavy atom. The van der Waals surface area contributed by atoms with Gasteiger partial charge in [0.05, 0.1) is 34.1 Å². The summed E-state index contributed by atoms with van der Waals surface area (Å²) in [5.41, 5.74) is 2.66. The Balaban J connectivity index is 1.54. The molecular formula is C20H26N8OS2. The first-order valence-electron chi connectivity index (χ1n) is 10.0. The molecule has 1 saturated heterocycles. The van der Waals surface area contributed by atoms with Gasteiger partial charge in [-0.2, -0.15) is 5.10 Å². The maximum atomic E-state index is 11.8. The van der Waals surface area contributed by atoms with Crippen LogP contribution in [0.4, 0.5) is 5.82 Å². The van der Waals surface area contributed by atoms with Gasteiger partial charge in [0, 0.05) is 62.5 Å². The van der Waals surface area contributed by atoms with Crippen molar-refractivity contribution < 1.29 is 4.21 Å². The Morgan fingerprint density at radius 1 is 1.45 bits per heavy atom. The number of piperidine rings is 1. The maximum Gasteiger partial charge on any atom is 0.180 e. The van der Waals surface area contributed by atoms with Gasteiger partial charge >= 0.3 is 0 Å². The minimum atomic E-state index is -0.913. The average Bonchev–Trinajstić information content (AvgIpc) is 3.39. The van der Waals surface area contributed by atoms with Gasteiger partial charge in [-0.15, -0.1) is 0 Å². The van der Waals surface area contributed by atoms with Gasteiger partial charge in [-0.25, -0.2) is 22.9 Å². The van der Waals surface area contributed by atoms with Crippen LogP contribution in [0.3, 0.4) is 0 Å². The molecule has 31 heavy (non-hydrogen) atoms. The quantitative estimate of drug-likeness (QED) is 0.412. The molecule has 11 heteroatoms. The molecule has 0 aliphatic carbocycles. The summed E-state index contributed by atoms with van der Waals surface area (Å²) in [6.07, 6.45) is 16.2. The lowest BCUT2D eigenvalue weighted by Gasteiger charge is -2.30. The highest BCUT2D eigenvalue weighted by molar-refractivity contribution is 8.02. The zero-order chi connectivity index (χ0) is 21.8. The molecule has 2 unspecified atom stereocenters. The van der Waals surface area contributed by atoms with E-state index in [4.69, 9.17) is 0 Å². The molecule has 1 aliphatic heterocycles. The number of hydrogen-bond donors (Lipinski definition) is 1. The summed E-state index contributed by atoms with van der Waals surface area (Å²) in [5.74, 6) is 1.12. The Kier molecular flexibility index (Phi) is 6.83. The molecule has 4 rings (SSSR count). The van der Waals surface area contributed by atoms with Crippen molar-refractivity contribution in [3.8, 4) is 11.3 Å². The van der Waals surface area contributed by atoms with Gasteiger partial charge < -0.3 is 5.32 Å². The highest BCUT2D eigenvalue weighted by Crippen LogP contribution is 2.27.